The average molecular weight is 896 g/mol. The maximum Gasteiger partial charge on any atom is 0.334 e. The summed E-state index contributed by atoms with van der Waals surface area (Å²) in [5, 5.41) is 23.8. The molecular formula is C50H73NO9S2. The number of aliphatic hydroxyl groups is 1. The van der Waals surface area contributed by atoms with Crippen LogP contribution in [0.25, 0.3) is 0 Å². The summed E-state index contributed by atoms with van der Waals surface area (Å²) in [5.41, 5.74) is 2.55. The lowest BCUT2D eigenvalue weighted by Crippen LogP contribution is -2.65. The molecule has 6 rings (SSSR count). The summed E-state index contributed by atoms with van der Waals surface area (Å²) in [7, 11) is 3.11. The molecule has 12 heteroatoms. The summed E-state index contributed by atoms with van der Waals surface area (Å²) in [6.45, 7) is 14.9. The van der Waals surface area contributed by atoms with Gasteiger partial charge in [0, 0.05) is 30.4 Å². The zero-order chi connectivity index (χ0) is 44.8. The van der Waals surface area contributed by atoms with Gasteiger partial charge in [0.25, 0.3) is 0 Å². The minimum absolute atomic E-state index is 0.0357. The third-order valence-electron chi connectivity index (χ3n) is 16.1. The summed E-state index contributed by atoms with van der Waals surface area (Å²) in [5.74, 6) is 0.115. The lowest BCUT2D eigenvalue weighted by Gasteiger charge is -2.69. The summed E-state index contributed by atoms with van der Waals surface area (Å²) in [6, 6.07) is 9.59. The van der Waals surface area contributed by atoms with Crippen molar-refractivity contribution in [2.24, 2.45) is 39.9 Å². The topological polar surface area (TPSA) is 140 Å². The van der Waals surface area contributed by atoms with E-state index in [9.17, 15) is 29.5 Å². The van der Waals surface area contributed by atoms with E-state index in [1.165, 1.54) is 6.92 Å². The molecule has 0 spiro atoms. The van der Waals surface area contributed by atoms with Crippen LogP contribution >= 0.6 is 21.6 Å². The molecule has 1 amide bonds. The van der Waals surface area contributed by atoms with Crippen molar-refractivity contribution in [2.75, 3.05) is 11.5 Å². The molecule has 0 saturated heterocycles. The number of allylic oxidation sites excluding steroid dienone is 2. The van der Waals surface area contributed by atoms with Crippen molar-refractivity contribution in [3.8, 4) is 0 Å². The van der Waals surface area contributed by atoms with E-state index in [2.05, 4.69) is 33.8 Å². The number of rotatable bonds is 16. The van der Waals surface area contributed by atoms with E-state index >= 15 is 0 Å². The summed E-state index contributed by atoms with van der Waals surface area (Å²) >= 11 is 0. The van der Waals surface area contributed by atoms with Crippen LogP contribution in [0.15, 0.2) is 53.1 Å². The number of nitrogens with zero attached hydrogens (tertiary/aromatic N) is 1. The molecule has 10 atom stereocenters. The van der Waals surface area contributed by atoms with Crippen LogP contribution in [0, 0.1) is 39.9 Å². The standard InChI is InChI=1S/C50H73NO9S2/c1-32(2)15-14-20-37(47(56)58-31-35-16-10-8-11-17-35)45-39-29-40(53)46-48(5)25-22-41(33(3)38(48)21-26-49(46,6)50(39,7)30-42(45)59-34(4)52)60-44(55)24-28-62-61-27-23-43(54)51(57)36-18-12-9-13-19-36/h8,10-11,15-17,33,36,38-42,46,53,57H,9,12-14,18-31H2,1-7H3/b45-37-/t33-,38-,39-,40+,41+,42-,46-,48-,49-,50-/m0/s1. The second kappa shape index (κ2) is 21.0. The maximum atomic E-state index is 14.2. The monoisotopic (exact) mass is 895 g/mol. The Balaban J connectivity index is 1.12. The first-order chi connectivity index (χ1) is 29.5. The number of hydrogen-bond donors (Lipinski definition) is 2. The SMILES string of the molecule is CC(=O)O[C@H]1C[C@@]2(C)[C@@H](C[C@@H](O)[C@H]3[C@@]4(C)CC[C@@H](OC(=O)CCSSCCC(=O)N(O)C5CCCCC5)[C@@H](C)[C@@H]4CC[C@@]32C)/C1=C(\CCC=C(C)C)C(=O)OCc1ccccc1. The molecule has 0 unspecified atom stereocenters. The quantitative estimate of drug-likeness (QED) is 0.0240. The van der Waals surface area contributed by atoms with Gasteiger partial charge in [0.15, 0.2) is 0 Å². The van der Waals surface area contributed by atoms with Crippen molar-refractivity contribution >= 4 is 45.4 Å². The number of esters is 3. The fourth-order valence-electron chi connectivity index (χ4n) is 13.0. The van der Waals surface area contributed by atoms with Gasteiger partial charge in [-0.2, -0.15) is 0 Å². The number of carbonyl (C=O) groups excluding carboxylic acids is 4. The van der Waals surface area contributed by atoms with Crippen molar-refractivity contribution in [3.05, 3.63) is 58.7 Å². The zero-order valence-corrected chi connectivity index (χ0v) is 40.0. The minimum Gasteiger partial charge on any atom is -0.462 e. The Morgan fingerprint density at radius 1 is 0.871 bits per heavy atom. The van der Waals surface area contributed by atoms with Crippen molar-refractivity contribution in [1.82, 2.24) is 5.06 Å². The van der Waals surface area contributed by atoms with E-state index in [1.54, 1.807) is 21.6 Å². The lowest BCUT2D eigenvalue weighted by atomic mass is 9.36. The predicted molar refractivity (Wildman–Crippen MR) is 245 cm³/mol. The first-order valence-corrected chi connectivity index (χ1v) is 25.9. The average Bonchev–Trinajstić information content (AvgIpc) is 3.51. The van der Waals surface area contributed by atoms with E-state index in [0.717, 1.165) is 79.6 Å². The second-order valence-corrected chi connectivity index (χ2v) is 22.7. The highest BCUT2D eigenvalue weighted by Crippen LogP contribution is 2.74. The molecule has 2 N–H and O–H groups in total. The van der Waals surface area contributed by atoms with Gasteiger partial charge in [-0.15, -0.1) is 0 Å². The number of hydroxylamine groups is 2. The molecular weight excluding hydrogens is 823 g/mol. The smallest absolute Gasteiger partial charge is 0.334 e. The van der Waals surface area contributed by atoms with Gasteiger partial charge in [0.1, 0.15) is 18.8 Å². The molecule has 62 heavy (non-hydrogen) atoms. The lowest BCUT2D eigenvalue weighted by molar-refractivity contribution is -0.236. The maximum absolute atomic E-state index is 14.2. The van der Waals surface area contributed by atoms with Crippen LogP contribution in [0.4, 0.5) is 0 Å². The van der Waals surface area contributed by atoms with Gasteiger partial charge in [0.2, 0.25) is 5.91 Å². The number of carbonyl (C=O) groups is 4. The number of ether oxygens (including phenoxy) is 3. The third kappa shape index (κ3) is 10.5. The third-order valence-corrected chi connectivity index (χ3v) is 18.5. The molecule has 5 aliphatic rings. The first kappa shape index (κ1) is 48.7. The number of hydrogen-bond acceptors (Lipinski definition) is 11. The normalized spacial score (nSPS) is 33.9. The summed E-state index contributed by atoms with van der Waals surface area (Å²) in [6.07, 6.45) is 11.7. The first-order valence-electron chi connectivity index (χ1n) is 23.4. The number of fused-ring (bicyclic) bond motifs is 5. The van der Waals surface area contributed by atoms with Gasteiger partial charge in [-0.05, 0) is 129 Å². The molecule has 0 heterocycles. The summed E-state index contributed by atoms with van der Waals surface area (Å²) < 4.78 is 18.4. The van der Waals surface area contributed by atoms with Crippen LogP contribution in [0.1, 0.15) is 150 Å². The zero-order valence-electron chi connectivity index (χ0n) is 38.3. The predicted octanol–water partition coefficient (Wildman–Crippen LogP) is 10.6. The van der Waals surface area contributed by atoms with Crippen LogP contribution < -0.4 is 0 Å². The molecule has 0 aliphatic heterocycles. The Bertz CT molecular complexity index is 1810. The van der Waals surface area contributed by atoms with E-state index in [0.29, 0.717) is 49.2 Å². The highest BCUT2D eigenvalue weighted by Gasteiger charge is 2.71. The molecule has 344 valence electrons. The van der Waals surface area contributed by atoms with Crippen LogP contribution in [0.5, 0.6) is 0 Å². The van der Waals surface area contributed by atoms with Gasteiger partial charge >= 0.3 is 17.9 Å². The van der Waals surface area contributed by atoms with E-state index < -0.39 is 12.2 Å². The van der Waals surface area contributed by atoms with Gasteiger partial charge in [0.05, 0.1) is 18.6 Å². The Hall–Kier alpha value is -2.80. The molecule has 0 aromatic heterocycles. The number of amides is 1. The second-order valence-electron chi connectivity index (χ2n) is 20.0. The Labute approximate surface area is 378 Å². The highest BCUT2D eigenvalue weighted by atomic mass is 33.1. The molecule has 0 radical (unpaired) electrons. The molecule has 5 fully saturated rings. The molecule has 5 saturated carbocycles. The highest BCUT2D eigenvalue weighted by molar-refractivity contribution is 8.76. The fraction of sp³-hybridized carbons (Fsp3) is 0.720. The number of aliphatic hydroxyl groups excluding tert-OH is 1. The van der Waals surface area contributed by atoms with Crippen molar-refractivity contribution in [3.63, 3.8) is 0 Å². The van der Waals surface area contributed by atoms with Gasteiger partial charge < -0.3 is 19.3 Å². The molecule has 1 aromatic carbocycles. The minimum atomic E-state index is -0.639. The van der Waals surface area contributed by atoms with Gasteiger partial charge in [-0.3, -0.25) is 19.6 Å². The Morgan fingerprint density at radius 3 is 2.24 bits per heavy atom. The van der Waals surface area contributed by atoms with Crippen LogP contribution in [-0.2, 0) is 40.0 Å². The molecule has 1 aromatic rings. The van der Waals surface area contributed by atoms with Crippen molar-refractivity contribution in [2.45, 2.75) is 176 Å². The molecule has 10 nitrogen and oxygen atoms in total. The van der Waals surface area contributed by atoms with Gasteiger partial charge in [-0.25, -0.2) is 9.86 Å². The fourth-order valence-corrected chi connectivity index (χ4v) is 14.9. The molecule has 0 bridgehead atoms. The van der Waals surface area contributed by atoms with Crippen LogP contribution in [-0.4, -0.2) is 75.1 Å². The largest absolute Gasteiger partial charge is 0.462 e. The Morgan fingerprint density at radius 2 is 1.56 bits per heavy atom. The van der Waals surface area contributed by atoms with E-state index in [-0.39, 0.29) is 88.9 Å². The molecule has 5 aliphatic carbocycles. The van der Waals surface area contributed by atoms with Crippen LogP contribution in [0.2, 0.25) is 0 Å². The van der Waals surface area contributed by atoms with E-state index in [1.807, 2.05) is 44.2 Å². The van der Waals surface area contributed by atoms with E-state index in [4.69, 9.17) is 14.2 Å². The number of benzene rings is 1. The van der Waals surface area contributed by atoms with Gasteiger partial charge in [-0.1, -0.05) is 111 Å². The Kier molecular flexibility index (Phi) is 16.5. The van der Waals surface area contributed by atoms with Crippen molar-refractivity contribution in [1.29, 1.82) is 0 Å². The van der Waals surface area contributed by atoms with Crippen LogP contribution in [0.3, 0.4) is 0 Å². The van der Waals surface area contributed by atoms with Crippen molar-refractivity contribution < 1.29 is 43.7 Å². The summed E-state index contributed by atoms with van der Waals surface area (Å²) in [4.78, 5) is 52.7.